The fourth-order valence-electron chi connectivity index (χ4n) is 5.31. The van der Waals surface area contributed by atoms with Gasteiger partial charge in [-0.25, -0.2) is 0 Å². The summed E-state index contributed by atoms with van der Waals surface area (Å²) >= 11 is 0. The molecule has 1 heterocycles. The Hall–Kier alpha value is -0.820. The molecule has 0 spiro atoms. The smallest absolute Gasteiger partial charge is 0.0170 e. The molecule has 2 fully saturated rings. The lowest BCUT2D eigenvalue weighted by molar-refractivity contribution is 0.0155. The number of likely N-dealkylation sites (tertiary alicyclic amines) is 1. The van der Waals surface area contributed by atoms with Gasteiger partial charge in [-0.05, 0) is 61.6 Å². The molecule has 1 heteroatoms. The van der Waals surface area contributed by atoms with Crippen LogP contribution in [0.4, 0.5) is 0 Å². The summed E-state index contributed by atoms with van der Waals surface area (Å²) in [5.74, 6) is 1.84. The molecule has 1 saturated carbocycles. The third-order valence-electron chi connectivity index (χ3n) is 6.63. The van der Waals surface area contributed by atoms with E-state index in [2.05, 4.69) is 43.0 Å². The minimum atomic E-state index is 0.467. The van der Waals surface area contributed by atoms with E-state index in [-0.39, 0.29) is 0 Å². The van der Waals surface area contributed by atoms with Crippen molar-refractivity contribution in [1.29, 1.82) is 0 Å². The summed E-state index contributed by atoms with van der Waals surface area (Å²) in [6.45, 7) is 7.62. The summed E-state index contributed by atoms with van der Waals surface area (Å²) in [5, 5.41) is 0. The number of fused-ring (bicyclic) bond motifs is 4. The normalized spacial score (nSPS) is 35.5. The lowest BCUT2D eigenvalue weighted by Crippen LogP contribution is -2.59. The number of hydrogen-bond donors (Lipinski definition) is 0. The summed E-state index contributed by atoms with van der Waals surface area (Å²) < 4.78 is 0. The molecule has 0 radical (unpaired) electrons. The van der Waals surface area contributed by atoms with Crippen LogP contribution in [-0.2, 0) is 11.8 Å². The second kappa shape index (κ2) is 5.12. The Kier molecular flexibility index (Phi) is 3.37. The first-order chi connectivity index (χ1) is 10.2. The van der Waals surface area contributed by atoms with Crippen LogP contribution < -0.4 is 0 Å². The third-order valence-corrected chi connectivity index (χ3v) is 6.63. The first kappa shape index (κ1) is 13.8. The van der Waals surface area contributed by atoms with E-state index in [1.54, 1.807) is 11.1 Å². The fraction of sp³-hybridized carbons (Fsp3) is 0.700. The van der Waals surface area contributed by atoms with E-state index in [1.807, 2.05) is 0 Å². The summed E-state index contributed by atoms with van der Waals surface area (Å²) in [7, 11) is 0. The van der Waals surface area contributed by atoms with Gasteiger partial charge in [0.25, 0.3) is 0 Å². The maximum absolute atomic E-state index is 2.85. The van der Waals surface area contributed by atoms with Gasteiger partial charge in [0.15, 0.2) is 0 Å². The van der Waals surface area contributed by atoms with Gasteiger partial charge in [0, 0.05) is 18.0 Å². The molecule has 21 heavy (non-hydrogen) atoms. The number of rotatable bonds is 4. The van der Waals surface area contributed by atoms with E-state index < -0.39 is 0 Å². The monoisotopic (exact) mass is 283 g/mol. The van der Waals surface area contributed by atoms with Gasteiger partial charge in [-0.15, -0.1) is 0 Å². The summed E-state index contributed by atoms with van der Waals surface area (Å²) in [5.41, 5.74) is 3.81. The average Bonchev–Trinajstić information content (AvgIpc) is 3.29. The van der Waals surface area contributed by atoms with Crippen LogP contribution in [0.25, 0.3) is 0 Å². The van der Waals surface area contributed by atoms with Crippen molar-refractivity contribution >= 4 is 0 Å². The van der Waals surface area contributed by atoms with Crippen LogP contribution in [0.3, 0.4) is 0 Å². The Bertz CT molecular complexity index is 518. The first-order valence-electron chi connectivity index (χ1n) is 9.07. The summed E-state index contributed by atoms with van der Waals surface area (Å²) in [6.07, 6.45) is 8.31. The highest BCUT2D eigenvalue weighted by molar-refractivity contribution is 5.40. The van der Waals surface area contributed by atoms with Crippen LogP contribution in [0.1, 0.15) is 57.1 Å². The summed E-state index contributed by atoms with van der Waals surface area (Å²) in [4.78, 5) is 2.85. The zero-order valence-corrected chi connectivity index (χ0v) is 13.6. The third kappa shape index (κ3) is 2.16. The van der Waals surface area contributed by atoms with E-state index in [1.165, 1.54) is 51.6 Å². The number of hydrogen-bond acceptors (Lipinski definition) is 1. The average molecular weight is 283 g/mol. The molecule has 2 bridgehead atoms. The van der Waals surface area contributed by atoms with E-state index >= 15 is 0 Å². The van der Waals surface area contributed by atoms with Crippen LogP contribution in [0, 0.1) is 11.8 Å². The molecular weight excluding hydrogens is 254 g/mol. The van der Waals surface area contributed by atoms with Gasteiger partial charge in [0.1, 0.15) is 0 Å². The predicted octanol–water partition coefficient (Wildman–Crippen LogP) is 4.40. The molecule has 1 nitrogen and oxygen atoms in total. The summed E-state index contributed by atoms with van der Waals surface area (Å²) in [6, 6.07) is 10.1. The molecule has 0 aromatic heterocycles. The highest BCUT2D eigenvalue weighted by Crippen LogP contribution is 2.51. The number of nitrogens with zero attached hydrogens (tertiary/aromatic N) is 1. The Morgan fingerprint density at radius 3 is 2.81 bits per heavy atom. The molecular formula is C20H29N. The van der Waals surface area contributed by atoms with Crippen LogP contribution >= 0.6 is 0 Å². The minimum Gasteiger partial charge on any atom is -0.299 e. The van der Waals surface area contributed by atoms with Crippen molar-refractivity contribution in [2.24, 2.45) is 11.8 Å². The van der Waals surface area contributed by atoms with Gasteiger partial charge in [0.2, 0.25) is 0 Å². The predicted molar refractivity (Wildman–Crippen MR) is 88.6 cm³/mol. The molecule has 3 unspecified atom stereocenters. The van der Waals surface area contributed by atoms with Crippen molar-refractivity contribution in [3.8, 4) is 0 Å². The minimum absolute atomic E-state index is 0.467. The molecule has 3 atom stereocenters. The molecule has 1 saturated heterocycles. The zero-order chi connectivity index (χ0) is 14.4. The number of benzene rings is 1. The van der Waals surface area contributed by atoms with Gasteiger partial charge in [-0.3, -0.25) is 4.90 Å². The Labute approximate surface area is 129 Å². The van der Waals surface area contributed by atoms with Gasteiger partial charge >= 0.3 is 0 Å². The quantitative estimate of drug-likeness (QED) is 0.791. The van der Waals surface area contributed by atoms with Crippen LogP contribution in [0.2, 0.25) is 0 Å². The Morgan fingerprint density at radius 1 is 1.24 bits per heavy atom. The van der Waals surface area contributed by atoms with E-state index in [0.717, 1.165) is 17.9 Å². The van der Waals surface area contributed by atoms with Gasteiger partial charge in [-0.1, -0.05) is 44.5 Å². The van der Waals surface area contributed by atoms with Gasteiger partial charge in [-0.2, -0.15) is 0 Å². The fourth-order valence-corrected chi connectivity index (χ4v) is 5.31. The van der Waals surface area contributed by atoms with Gasteiger partial charge < -0.3 is 0 Å². The van der Waals surface area contributed by atoms with Crippen molar-refractivity contribution in [3.05, 3.63) is 35.4 Å². The first-order valence-corrected chi connectivity index (χ1v) is 9.07. The van der Waals surface area contributed by atoms with Crippen LogP contribution in [-0.4, -0.2) is 24.0 Å². The van der Waals surface area contributed by atoms with Crippen LogP contribution in [0.5, 0.6) is 0 Å². The van der Waals surface area contributed by atoms with Crippen molar-refractivity contribution in [3.63, 3.8) is 0 Å². The molecule has 0 N–H and O–H groups in total. The van der Waals surface area contributed by atoms with Crippen molar-refractivity contribution < 1.29 is 0 Å². The molecule has 0 amide bonds. The van der Waals surface area contributed by atoms with Crippen LogP contribution in [0.15, 0.2) is 24.3 Å². The van der Waals surface area contributed by atoms with Crippen molar-refractivity contribution in [2.45, 2.75) is 63.8 Å². The van der Waals surface area contributed by atoms with Gasteiger partial charge in [0.05, 0.1) is 0 Å². The molecule has 3 aliphatic rings. The molecule has 114 valence electrons. The lowest BCUT2D eigenvalue weighted by atomic mass is 9.56. The largest absolute Gasteiger partial charge is 0.299 e. The second-order valence-corrected chi connectivity index (χ2v) is 7.81. The van der Waals surface area contributed by atoms with E-state index in [9.17, 15) is 0 Å². The Balaban J connectivity index is 1.72. The Morgan fingerprint density at radius 2 is 2.05 bits per heavy atom. The van der Waals surface area contributed by atoms with Crippen molar-refractivity contribution in [2.75, 3.05) is 13.1 Å². The zero-order valence-electron chi connectivity index (χ0n) is 13.6. The molecule has 4 rings (SSSR count). The lowest BCUT2D eigenvalue weighted by Gasteiger charge is -2.56. The maximum Gasteiger partial charge on any atom is 0.0170 e. The highest BCUT2D eigenvalue weighted by atomic mass is 15.2. The molecule has 1 aromatic rings. The molecule has 1 aliphatic heterocycles. The number of piperidine rings is 1. The topological polar surface area (TPSA) is 3.24 Å². The molecule has 1 aromatic carbocycles. The molecule has 2 aliphatic carbocycles. The van der Waals surface area contributed by atoms with E-state index in [4.69, 9.17) is 0 Å². The maximum atomic E-state index is 2.85. The van der Waals surface area contributed by atoms with Crippen molar-refractivity contribution in [1.82, 2.24) is 4.90 Å². The standard InChI is InChI=1S/C20H29N/c1-3-10-20-11-12-21(14-16-8-9-16)19(15(20)2)13-17-6-4-5-7-18(17)20/h4-7,15-16,19H,3,8-14H2,1-2H3. The SMILES string of the molecule is CCCC12CCN(CC3CC3)C(Cc3ccccc31)C2C. The van der Waals surface area contributed by atoms with E-state index in [0.29, 0.717) is 5.41 Å². The highest BCUT2D eigenvalue weighted by Gasteiger charge is 2.50. The second-order valence-electron chi connectivity index (χ2n) is 7.81.